The molecule has 0 bridgehead atoms. The zero-order valence-corrected chi connectivity index (χ0v) is 8.75. The quantitative estimate of drug-likeness (QED) is 0.510. The standard InChI is InChI=1S/C8H13NO2Se/c1-3-5-9-7(8(10)11)4-6-12-2/h1,7,9H,4-6H2,2H3,(H,10,11)/t7-/m0/s1. The summed E-state index contributed by atoms with van der Waals surface area (Å²) in [6.07, 6.45) is 5.68. The summed E-state index contributed by atoms with van der Waals surface area (Å²) in [6.45, 7) is 0.327. The first-order chi connectivity index (χ1) is 5.72. The van der Waals surface area contributed by atoms with Crippen molar-refractivity contribution in [2.75, 3.05) is 6.54 Å². The van der Waals surface area contributed by atoms with Gasteiger partial charge in [-0.25, -0.2) is 0 Å². The Labute approximate surface area is 79.1 Å². The van der Waals surface area contributed by atoms with Gasteiger partial charge in [-0.05, 0) is 0 Å². The zero-order chi connectivity index (χ0) is 9.40. The first-order valence-electron chi connectivity index (χ1n) is 3.61. The van der Waals surface area contributed by atoms with Gasteiger partial charge in [0.25, 0.3) is 0 Å². The molecule has 0 radical (unpaired) electrons. The van der Waals surface area contributed by atoms with E-state index in [4.69, 9.17) is 11.5 Å². The van der Waals surface area contributed by atoms with Crippen molar-refractivity contribution in [2.24, 2.45) is 0 Å². The van der Waals surface area contributed by atoms with Crippen molar-refractivity contribution >= 4 is 20.9 Å². The fourth-order valence-corrected chi connectivity index (χ4v) is 1.72. The van der Waals surface area contributed by atoms with Crippen molar-refractivity contribution in [3.8, 4) is 12.3 Å². The van der Waals surface area contributed by atoms with Gasteiger partial charge in [-0.15, -0.1) is 0 Å². The molecule has 3 nitrogen and oxygen atoms in total. The van der Waals surface area contributed by atoms with Crippen LogP contribution in [-0.2, 0) is 4.79 Å². The van der Waals surface area contributed by atoms with Crippen molar-refractivity contribution in [3.05, 3.63) is 0 Å². The summed E-state index contributed by atoms with van der Waals surface area (Å²) in [5.74, 6) is 3.64. The second kappa shape index (κ2) is 7.17. The molecule has 0 fully saturated rings. The van der Waals surface area contributed by atoms with Crippen molar-refractivity contribution < 1.29 is 9.90 Å². The van der Waals surface area contributed by atoms with Crippen molar-refractivity contribution in [2.45, 2.75) is 23.6 Å². The second-order valence-electron chi connectivity index (χ2n) is 2.26. The number of carboxylic acid groups (broad SMARTS) is 1. The normalized spacial score (nSPS) is 12.0. The minimum atomic E-state index is -0.811. The summed E-state index contributed by atoms with van der Waals surface area (Å²) in [5.41, 5.74) is 0. The second-order valence-corrected chi connectivity index (χ2v) is 4.33. The molecule has 0 heterocycles. The van der Waals surface area contributed by atoms with E-state index in [9.17, 15) is 4.79 Å². The van der Waals surface area contributed by atoms with Gasteiger partial charge in [-0.2, -0.15) is 0 Å². The van der Waals surface area contributed by atoms with Crippen LogP contribution in [0, 0.1) is 12.3 Å². The zero-order valence-electron chi connectivity index (χ0n) is 7.04. The van der Waals surface area contributed by atoms with E-state index in [-0.39, 0.29) is 0 Å². The van der Waals surface area contributed by atoms with Crippen LogP contribution in [0.15, 0.2) is 0 Å². The average Bonchev–Trinajstić information content (AvgIpc) is 2.04. The van der Waals surface area contributed by atoms with Gasteiger partial charge in [-0.1, -0.05) is 0 Å². The van der Waals surface area contributed by atoms with Gasteiger partial charge < -0.3 is 0 Å². The molecule has 0 unspecified atom stereocenters. The molecule has 4 heteroatoms. The summed E-state index contributed by atoms with van der Waals surface area (Å²) < 4.78 is 0. The number of nitrogens with one attached hydrogen (secondary N) is 1. The number of aliphatic carboxylic acids is 1. The monoisotopic (exact) mass is 235 g/mol. The Morgan fingerprint density at radius 1 is 1.83 bits per heavy atom. The molecule has 0 amide bonds. The Morgan fingerprint density at radius 3 is 2.92 bits per heavy atom. The van der Waals surface area contributed by atoms with Gasteiger partial charge >= 0.3 is 78.6 Å². The first kappa shape index (κ1) is 11.5. The van der Waals surface area contributed by atoms with E-state index in [1.165, 1.54) is 0 Å². The van der Waals surface area contributed by atoms with Crippen LogP contribution in [0.4, 0.5) is 0 Å². The molecule has 0 spiro atoms. The summed E-state index contributed by atoms with van der Waals surface area (Å²) >= 11 is 0.533. The van der Waals surface area contributed by atoms with E-state index in [0.29, 0.717) is 27.9 Å². The fourth-order valence-electron chi connectivity index (χ4n) is 0.731. The molecular formula is C8H13NO2Se. The predicted molar refractivity (Wildman–Crippen MR) is 49.3 cm³/mol. The van der Waals surface area contributed by atoms with Crippen LogP contribution >= 0.6 is 0 Å². The van der Waals surface area contributed by atoms with Crippen LogP contribution in [0.5, 0.6) is 0 Å². The van der Waals surface area contributed by atoms with E-state index in [0.717, 1.165) is 5.32 Å². The van der Waals surface area contributed by atoms with E-state index < -0.39 is 12.0 Å². The van der Waals surface area contributed by atoms with Crippen LogP contribution in [0.2, 0.25) is 11.1 Å². The predicted octanol–water partition coefficient (Wildman–Crippen LogP) is 0.223. The number of hydrogen-bond acceptors (Lipinski definition) is 2. The first-order valence-corrected chi connectivity index (χ1v) is 6.53. The Bertz CT molecular complexity index is 176. The molecule has 0 rings (SSSR count). The van der Waals surface area contributed by atoms with Crippen LogP contribution in [0.3, 0.4) is 0 Å². The molecule has 0 aliphatic rings. The summed E-state index contributed by atoms with van der Waals surface area (Å²) in [7, 11) is 0. The molecule has 68 valence electrons. The van der Waals surface area contributed by atoms with Crippen molar-refractivity contribution in [1.29, 1.82) is 0 Å². The Hall–Kier alpha value is -0.491. The van der Waals surface area contributed by atoms with Crippen LogP contribution in [0.1, 0.15) is 6.42 Å². The maximum atomic E-state index is 10.6. The Morgan fingerprint density at radius 2 is 2.50 bits per heavy atom. The van der Waals surface area contributed by atoms with E-state index in [1.54, 1.807) is 0 Å². The molecular weight excluding hydrogens is 221 g/mol. The summed E-state index contributed by atoms with van der Waals surface area (Å²) in [4.78, 5) is 10.6. The topological polar surface area (TPSA) is 49.3 Å². The van der Waals surface area contributed by atoms with E-state index >= 15 is 0 Å². The van der Waals surface area contributed by atoms with E-state index in [1.807, 2.05) is 0 Å². The van der Waals surface area contributed by atoms with Gasteiger partial charge in [0.15, 0.2) is 0 Å². The number of carboxylic acids is 1. The van der Waals surface area contributed by atoms with Gasteiger partial charge in [0.1, 0.15) is 0 Å². The van der Waals surface area contributed by atoms with Gasteiger partial charge in [-0.3, -0.25) is 0 Å². The molecule has 0 aliphatic heterocycles. The molecule has 12 heavy (non-hydrogen) atoms. The minimum absolute atomic E-state index is 0.327. The SMILES string of the molecule is C#CCN[C@@H](CC[Se]C)C(=O)O. The molecule has 0 aromatic heterocycles. The van der Waals surface area contributed by atoms with Crippen LogP contribution in [0.25, 0.3) is 0 Å². The molecule has 0 aromatic carbocycles. The Balaban J connectivity index is 3.72. The molecule has 0 saturated carbocycles. The van der Waals surface area contributed by atoms with Crippen LogP contribution < -0.4 is 5.32 Å². The number of rotatable bonds is 6. The van der Waals surface area contributed by atoms with Gasteiger partial charge in [0.05, 0.1) is 0 Å². The average molecular weight is 234 g/mol. The third-order valence-corrected chi connectivity index (χ3v) is 2.71. The number of hydrogen-bond donors (Lipinski definition) is 2. The van der Waals surface area contributed by atoms with Crippen LogP contribution in [-0.4, -0.2) is 38.6 Å². The summed E-state index contributed by atoms with van der Waals surface area (Å²) in [6, 6.07) is -0.470. The molecule has 0 aromatic rings. The Kier molecular flexibility index (Phi) is 6.88. The molecule has 2 N–H and O–H groups in total. The van der Waals surface area contributed by atoms with Crippen molar-refractivity contribution in [3.63, 3.8) is 0 Å². The van der Waals surface area contributed by atoms with E-state index in [2.05, 4.69) is 17.1 Å². The third kappa shape index (κ3) is 5.20. The molecule has 0 saturated heterocycles. The van der Waals surface area contributed by atoms with Gasteiger partial charge in [0, 0.05) is 0 Å². The molecule has 0 aliphatic carbocycles. The maximum absolute atomic E-state index is 10.6. The molecule has 1 atom stereocenters. The van der Waals surface area contributed by atoms with Gasteiger partial charge in [0.2, 0.25) is 0 Å². The number of terminal acetylenes is 1. The fraction of sp³-hybridized carbons (Fsp3) is 0.625. The third-order valence-electron chi connectivity index (χ3n) is 1.36. The van der Waals surface area contributed by atoms with Crippen molar-refractivity contribution in [1.82, 2.24) is 5.32 Å². The summed E-state index contributed by atoms with van der Waals surface area (Å²) in [5, 5.41) is 12.5. The number of carbonyl (C=O) groups is 1.